The van der Waals surface area contributed by atoms with E-state index in [1.54, 1.807) is 0 Å². The van der Waals surface area contributed by atoms with Crippen molar-refractivity contribution in [3.8, 4) is 5.69 Å². The third-order valence-corrected chi connectivity index (χ3v) is 3.67. The minimum Gasteiger partial charge on any atom is -0.285 e. The normalized spacial score (nSPS) is 14.7. The molecule has 0 fully saturated rings. The van der Waals surface area contributed by atoms with Crippen molar-refractivity contribution in [3.05, 3.63) is 41.0 Å². The summed E-state index contributed by atoms with van der Waals surface area (Å²) < 4.78 is 2.15. The first-order chi connectivity index (χ1) is 8.25. The number of fused-ring (bicyclic) bond motifs is 3. The molecule has 0 amide bonds. The van der Waals surface area contributed by atoms with Gasteiger partial charge < -0.3 is 0 Å². The maximum Gasteiger partial charge on any atom is 0.137 e. The lowest BCUT2D eigenvalue weighted by atomic mass is 9.98. The molecule has 2 aromatic rings. The summed E-state index contributed by atoms with van der Waals surface area (Å²) in [6.45, 7) is 4.35. The van der Waals surface area contributed by atoms with Crippen molar-refractivity contribution in [1.29, 1.82) is 0 Å². The van der Waals surface area contributed by atoms with E-state index >= 15 is 0 Å². The lowest BCUT2D eigenvalue weighted by molar-refractivity contribution is 0.674. The Balaban J connectivity index is 2.23. The van der Waals surface area contributed by atoms with Gasteiger partial charge in [0.15, 0.2) is 0 Å². The Morgan fingerprint density at radius 3 is 2.71 bits per heavy atom. The summed E-state index contributed by atoms with van der Waals surface area (Å²) in [5, 5.41) is 8.27. The lowest BCUT2D eigenvalue weighted by Crippen LogP contribution is -2.08. The number of benzene rings is 1. The van der Waals surface area contributed by atoms with E-state index in [1.807, 2.05) is 6.33 Å². The zero-order valence-corrected chi connectivity index (χ0v) is 10.4. The van der Waals surface area contributed by atoms with Crippen molar-refractivity contribution in [2.45, 2.75) is 39.5 Å². The number of aryl methyl sites for hydroxylation is 4. The van der Waals surface area contributed by atoms with Crippen LogP contribution in [0.25, 0.3) is 5.69 Å². The summed E-state index contributed by atoms with van der Waals surface area (Å²) in [6.07, 6.45) is 6.47. The fraction of sp³-hybridized carbons (Fsp3) is 0.429. The van der Waals surface area contributed by atoms with Gasteiger partial charge in [0, 0.05) is 6.42 Å². The van der Waals surface area contributed by atoms with E-state index in [4.69, 9.17) is 0 Å². The van der Waals surface area contributed by atoms with Crippen LogP contribution in [0, 0.1) is 13.8 Å². The molecule has 17 heavy (non-hydrogen) atoms. The van der Waals surface area contributed by atoms with Crippen LogP contribution in [0.1, 0.15) is 35.4 Å². The molecule has 0 spiro atoms. The second kappa shape index (κ2) is 3.99. The van der Waals surface area contributed by atoms with Crippen LogP contribution in [0.3, 0.4) is 0 Å². The first-order valence-corrected chi connectivity index (χ1v) is 6.25. The predicted molar refractivity (Wildman–Crippen MR) is 67.5 cm³/mol. The quantitative estimate of drug-likeness (QED) is 0.693. The summed E-state index contributed by atoms with van der Waals surface area (Å²) in [6, 6.07) is 4.59. The van der Waals surface area contributed by atoms with Gasteiger partial charge in [0.2, 0.25) is 0 Å². The zero-order valence-electron chi connectivity index (χ0n) is 10.4. The average Bonchev–Trinajstić information content (AvgIpc) is 2.74. The summed E-state index contributed by atoms with van der Waals surface area (Å²) in [4.78, 5) is 0. The second-order valence-corrected chi connectivity index (χ2v) is 4.89. The molecule has 2 heterocycles. The number of hydrogen-bond donors (Lipinski definition) is 0. The summed E-state index contributed by atoms with van der Waals surface area (Å²) in [7, 11) is 0. The standard InChI is InChI=1S/C14H17N3/c1-10-7-12-5-3-4-6-14-16-15-9-17(14)13(12)8-11(10)2/h7-9H,3-6H2,1-2H3. The van der Waals surface area contributed by atoms with E-state index in [0.29, 0.717) is 0 Å². The third kappa shape index (κ3) is 1.75. The van der Waals surface area contributed by atoms with Gasteiger partial charge in [-0.25, -0.2) is 0 Å². The fourth-order valence-corrected chi connectivity index (χ4v) is 2.51. The molecule has 1 aromatic carbocycles. The van der Waals surface area contributed by atoms with Crippen LogP contribution in [0.5, 0.6) is 0 Å². The van der Waals surface area contributed by atoms with Gasteiger partial charge in [-0.1, -0.05) is 6.07 Å². The van der Waals surface area contributed by atoms with Gasteiger partial charge in [-0.2, -0.15) is 0 Å². The Hall–Kier alpha value is -1.64. The maximum absolute atomic E-state index is 4.22. The van der Waals surface area contributed by atoms with Crippen molar-refractivity contribution >= 4 is 0 Å². The monoisotopic (exact) mass is 227 g/mol. The molecular weight excluding hydrogens is 210 g/mol. The molecule has 0 unspecified atom stereocenters. The summed E-state index contributed by atoms with van der Waals surface area (Å²) in [5.74, 6) is 1.09. The van der Waals surface area contributed by atoms with E-state index in [1.165, 1.54) is 35.2 Å². The minimum absolute atomic E-state index is 1.03. The Morgan fingerprint density at radius 2 is 1.82 bits per heavy atom. The van der Waals surface area contributed by atoms with Crippen molar-refractivity contribution in [1.82, 2.24) is 14.8 Å². The Morgan fingerprint density at radius 1 is 1.06 bits per heavy atom. The number of hydrogen-bond acceptors (Lipinski definition) is 2. The first-order valence-electron chi connectivity index (χ1n) is 6.25. The number of rotatable bonds is 0. The van der Waals surface area contributed by atoms with E-state index in [2.05, 4.69) is 40.7 Å². The lowest BCUT2D eigenvalue weighted by Gasteiger charge is -2.17. The van der Waals surface area contributed by atoms with E-state index in [9.17, 15) is 0 Å². The second-order valence-electron chi connectivity index (χ2n) is 4.89. The van der Waals surface area contributed by atoms with Gasteiger partial charge >= 0.3 is 0 Å². The smallest absolute Gasteiger partial charge is 0.137 e. The van der Waals surface area contributed by atoms with Gasteiger partial charge in [-0.15, -0.1) is 10.2 Å². The van der Waals surface area contributed by atoms with Crippen LogP contribution in [-0.2, 0) is 12.8 Å². The SMILES string of the molecule is Cc1cc2c(cc1C)-n1cnnc1CCCC2. The van der Waals surface area contributed by atoms with Crippen molar-refractivity contribution in [3.63, 3.8) is 0 Å². The van der Waals surface area contributed by atoms with Gasteiger partial charge in [0.05, 0.1) is 5.69 Å². The summed E-state index contributed by atoms with van der Waals surface area (Å²) >= 11 is 0. The molecule has 3 nitrogen and oxygen atoms in total. The molecule has 1 aliphatic heterocycles. The highest BCUT2D eigenvalue weighted by molar-refractivity contribution is 5.48. The molecule has 0 saturated heterocycles. The zero-order chi connectivity index (χ0) is 11.8. The van der Waals surface area contributed by atoms with E-state index in [-0.39, 0.29) is 0 Å². The van der Waals surface area contributed by atoms with Crippen LogP contribution in [0.2, 0.25) is 0 Å². The predicted octanol–water partition coefficient (Wildman–Crippen LogP) is 2.76. The van der Waals surface area contributed by atoms with Gasteiger partial charge in [0.1, 0.15) is 12.2 Å². The number of aromatic nitrogens is 3. The molecule has 88 valence electrons. The van der Waals surface area contributed by atoms with Gasteiger partial charge in [0.25, 0.3) is 0 Å². The highest BCUT2D eigenvalue weighted by Gasteiger charge is 2.14. The van der Waals surface area contributed by atoms with Crippen molar-refractivity contribution in [2.75, 3.05) is 0 Å². The molecular formula is C14H17N3. The molecule has 0 aliphatic carbocycles. The Bertz CT molecular complexity index is 555. The number of nitrogens with zero attached hydrogens (tertiary/aromatic N) is 3. The molecule has 0 saturated carbocycles. The molecule has 0 bridgehead atoms. The van der Waals surface area contributed by atoms with Gasteiger partial charge in [-0.05, 0) is 55.9 Å². The van der Waals surface area contributed by atoms with E-state index < -0.39 is 0 Å². The molecule has 3 rings (SSSR count). The largest absolute Gasteiger partial charge is 0.285 e. The van der Waals surface area contributed by atoms with Crippen LogP contribution < -0.4 is 0 Å². The minimum atomic E-state index is 1.03. The fourth-order valence-electron chi connectivity index (χ4n) is 2.51. The Labute approximate surface area is 101 Å². The van der Waals surface area contributed by atoms with Crippen LogP contribution in [0.15, 0.2) is 18.5 Å². The van der Waals surface area contributed by atoms with Crippen molar-refractivity contribution < 1.29 is 0 Å². The molecule has 0 N–H and O–H groups in total. The highest BCUT2D eigenvalue weighted by atomic mass is 15.3. The van der Waals surface area contributed by atoms with Crippen LogP contribution >= 0.6 is 0 Å². The average molecular weight is 227 g/mol. The van der Waals surface area contributed by atoms with Crippen molar-refractivity contribution in [2.24, 2.45) is 0 Å². The van der Waals surface area contributed by atoms with Crippen LogP contribution in [-0.4, -0.2) is 14.8 Å². The molecule has 1 aliphatic rings. The molecule has 0 atom stereocenters. The molecule has 0 radical (unpaired) electrons. The summed E-state index contributed by atoms with van der Waals surface area (Å²) in [5.41, 5.74) is 5.41. The maximum atomic E-state index is 4.22. The molecule has 1 aromatic heterocycles. The topological polar surface area (TPSA) is 30.7 Å². The van der Waals surface area contributed by atoms with E-state index in [0.717, 1.165) is 18.7 Å². The van der Waals surface area contributed by atoms with Crippen LogP contribution in [0.4, 0.5) is 0 Å². The van der Waals surface area contributed by atoms with Gasteiger partial charge in [-0.3, -0.25) is 4.57 Å². The first kappa shape index (κ1) is 10.5. The Kier molecular flexibility index (Phi) is 2.46. The highest BCUT2D eigenvalue weighted by Crippen LogP contribution is 2.25. The molecule has 3 heteroatoms. The third-order valence-electron chi connectivity index (χ3n) is 3.67.